The summed E-state index contributed by atoms with van der Waals surface area (Å²) in [7, 11) is 3.05. The largest absolute Gasteiger partial charge is 0.496 e. The summed E-state index contributed by atoms with van der Waals surface area (Å²) < 4.78 is 10.5. The van der Waals surface area contributed by atoms with Gasteiger partial charge in [-0.1, -0.05) is 18.5 Å². The lowest BCUT2D eigenvalue weighted by Crippen LogP contribution is -2.36. The molecule has 0 spiro atoms. The average Bonchev–Trinajstić information content (AvgIpc) is 2.36. The zero-order chi connectivity index (χ0) is 13.1. The van der Waals surface area contributed by atoms with Crippen LogP contribution in [0.4, 0.5) is 0 Å². The molecule has 0 bridgehead atoms. The molecular weight excluding hydrogens is 240 g/mol. The fourth-order valence-electron chi connectivity index (χ4n) is 1.54. The van der Waals surface area contributed by atoms with Crippen LogP contribution in [0.1, 0.15) is 30.6 Å². The first-order chi connectivity index (χ1) is 7.98. The van der Waals surface area contributed by atoms with Crippen LogP contribution in [0, 0.1) is 0 Å². The molecule has 1 rings (SSSR count). The van der Waals surface area contributed by atoms with Crippen LogP contribution in [0.2, 0.25) is 5.02 Å². The Kier molecular flexibility index (Phi) is 4.54. The van der Waals surface area contributed by atoms with Crippen LogP contribution < -0.4 is 4.74 Å². The van der Waals surface area contributed by atoms with Gasteiger partial charge in [-0.3, -0.25) is 4.79 Å². The molecule has 1 atom stereocenters. The maximum atomic E-state index is 12.4. The normalized spacial score (nSPS) is 14.2. The van der Waals surface area contributed by atoms with E-state index in [1.54, 1.807) is 25.1 Å². The Morgan fingerprint density at radius 2 is 2.06 bits per heavy atom. The predicted molar refractivity (Wildman–Crippen MR) is 68.0 cm³/mol. The molecule has 0 aliphatic rings. The SMILES string of the molecule is CCC(C)(OC)C(=O)c1cc(Cl)ccc1OC. The van der Waals surface area contributed by atoms with Crippen molar-refractivity contribution in [2.75, 3.05) is 14.2 Å². The van der Waals surface area contributed by atoms with Gasteiger partial charge < -0.3 is 9.47 Å². The number of Topliss-reactive ketones (excluding diaryl/α,β-unsaturated/α-hetero) is 1. The van der Waals surface area contributed by atoms with Gasteiger partial charge in [-0.15, -0.1) is 0 Å². The van der Waals surface area contributed by atoms with Gasteiger partial charge in [-0.05, 0) is 31.5 Å². The zero-order valence-electron chi connectivity index (χ0n) is 10.5. The van der Waals surface area contributed by atoms with Crippen molar-refractivity contribution in [2.24, 2.45) is 0 Å². The van der Waals surface area contributed by atoms with Crippen molar-refractivity contribution in [3.63, 3.8) is 0 Å². The zero-order valence-corrected chi connectivity index (χ0v) is 11.3. The second kappa shape index (κ2) is 5.52. The molecule has 1 aromatic rings. The van der Waals surface area contributed by atoms with Crippen LogP contribution in [0.25, 0.3) is 0 Å². The highest BCUT2D eigenvalue weighted by Crippen LogP contribution is 2.29. The standard InChI is InChI=1S/C13H17ClO3/c1-5-13(2,17-4)12(15)10-8-9(14)6-7-11(10)16-3/h6-8H,5H2,1-4H3. The van der Waals surface area contributed by atoms with Crippen LogP contribution in [0.3, 0.4) is 0 Å². The number of benzene rings is 1. The van der Waals surface area contributed by atoms with Crippen LogP contribution in [0.5, 0.6) is 5.75 Å². The Balaban J connectivity index is 3.23. The first-order valence-electron chi connectivity index (χ1n) is 5.42. The number of ether oxygens (including phenoxy) is 2. The van der Waals surface area contributed by atoms with Gasteiger partial charge in [0.2, 0.25) is 0 Å². The molecule has 94 valence electrons. The monoisotopic (exact) mass is 256 g/mol. The molecule has 0 aliphatic carbocycles. The Labute approximate surface area is 107 Å². The van der Waals surface area contributed by atoms with Gasteiger partial charge in [-0.25, -0.2) is 0 Å². The third kappa shape index (κ3) is 2.79. The minimum absolute atomic E-state index is 0.123. The van der Waals surface area contributed by atoms with Crippen LogP contribution >= 0.6 is 11.6 Å². The van der Waals surface area contributed by atoms with E-state index in [1.807, 2.05) is 6.92 Å². The number of halogens is 1. The molecule has 17 heavy (non-hydrogen) atoms. The van der Waals surface area contributed by atoms with Crippen molar-refractivity contribution < 1.29 is 14.3 Å². The predicted octanol–water partition coefficient (Wildman–Crippen LogP) is 3.35. The number of ketones is 1. The summed E-state index contributed by atoms with van der Waals surface area (Å²) in [5.41, 5.74) is -0.399. The molecule has 4 heteroatoms. The van der Waals surface area contributed by atoms with Crippen molar-refractivity contribution in [2.45, 2.75) is 25.9 Å². The maximum Gasteiger partial charge on any atom is 0.198 e. The molecule has 1 unspecified atom stereocenters. The van der Waals surface area contributed by atoms with E-state index in [0.717, 1.165) is 0 Å². The van der Waals surface area contributed by atoms with E-state index < -0.39 is 5.60 Å². The summed E-state index contributed by atoms with van der Waals surface area (Å²) in [5, 5.41) is 0.503. The summed E-state index contributed by atoms with van der Waals surface area (Å²) in [5.74, 6) is 0.387. The van der Waals surface area contributed by atoms with E-state index >= 15 is 0 Å². The smallest absolute Gasteiger partial charge is 0.198 e. The molecule has 0 saturated heterocycles. The van der Waals surface area contributed by atoms with Crippen LogP contribution in [-0.2, 0) is 4.74 Å². The lowest BCUT2D eigenvalue weighted by Gasteiger charge is -2.25. The molecular formula is C13H17ClO3. The second-order valence-corrected chi connectivity index (χ2v) is 4.40. The summed E-state index contributed by atoms with van der Waals surface area (Å²) in [6.45, 7) is 3.66. The summed E-state index contributed by atoms with van der Waals surface area (Å²) >= 11 is 5.91. The molecule has 0 fully saturated rings. The quantitative estimate of drug-likeness (QED) is 0.758. The summed E-state index contributed by atoms with van der Waals surface area (Å²) in [6.07, 6.45) is 0.581. The van der Waals surface area contributed by atoms with E-state index in [1.165, 1.54) is 14.2 Å². The second-order valence-electron chi connectivity index (χ2n) is 3.96. The number of carbonyl (C=O) groups excluding carboxylic acids is 1. The number of methoxy groups -OCH3 is 2. The molecule has 0 aromatic heterocycles. The number of rotatable bonds is 5. The van der Waals surface area contributed by atoms with Gasteiger partial charge in [0.1, 0.15) is 11.4 Å². The summed E-state index contributed by atoms with van der Waals surface area (Å²) in [6, 6.07) is 4.98. The molecule has 0 N–H and O–H groups in total. The molecule has 0 saturated carbocycles. The molecule has 0 heterocycles. The molecule has 0 aliphatic heterocycles. The first-order valence-corrected chi connectivity index (χ1v) is 5.79. The Bertz CT molecular complexity index is 411. The van der Waals surface area contributed by atoms with E-state index in [9.17, 15) is 4.79 Å². The maximum absolute atomic E-state index is 12.4. The lowest BCUT2D eigenvalue weighted by molar-refractivity contribution is 0.0104. The Hall–Kier alpha value is -1.06. The fourth-order valence-corrected chi connectivity index (χ4v) is 1.71. The molecule has 3 nitrogen and oxygen atoms in total. The van der Waals surface area contributed by atoms with Crippen molar-refractivity contribution in [1.29, 1.82) is 0 Å². The van der Waals surface area contributed by atoms with Gasteiger partial charge in [0.25, 0.3) is 0 Å². The highest BCUT2D eigenvalue weighted by Gasteiger charge is 2.33. The van der Waals surface area contributed by atoms with Gasteiger partial charge in [0.15, 0.2) is 5.78 Å². The summed E-state index contributed by atoms with van der Waals surface area (Å²) in [4.78, 5) is 12.4. The molecule has 0 radical (unpaired) electrons. The highest BCUT2D eigenvalue weighted by molar-refractivity contribution is 6.31. The molecule has 1 aromatic carbocycles. The van der Waals surface area contributed by atoms with Gasteiger partial charge >= 0.3 is 0 Å². The minimum Gasteiger partial charge on any atom is -0.496 e. The lowest BCUT2D eigenvalue weighted by atomic mass is 9.91. The Morgan fingerprint density at radius 3 is 2.53 bits per heavy atom. The fraction of sp³-hybridized carbons (Fsp3) is 0.462. The van der Waals surface area contributed by atoms with E-state index in [0.29, 0.717) is 22.8 Å². The van der Waals surface area contributed by atoms with Crippen molar-refractivity contribution in [3.8, 4) is 5.75 Å². The van der Waals surface area contributed by atoms with Crippen LogP contribution in [-0.4, -0.2) is 25.6 Å². The van der Waals surface area contributed by atoms with Gasteiger partial charge in [0, 0.05) is 12.1 Å². The topological polar surface area (TPSA) is 35.5 Å². The average molecular weight is 257 g/mol. The molecule has 0 amide bonds. The van der Waals surface area contributed by atoms with Crippen LogP contribution in [0.15, 0.2) is 18.2 Å². The van der Waals surface area contributed by atoms with Gasteiger partial charge in [0.05, 0.1) is 12.7 Å². The minimum atomic E-state index is -0.849. The number of carbonyl (C=O) groups is 1. The van der Waals surface area contributed by atoms with Gasteiger partial charge in [-0.2, -0.15) is 0 Å². The van der Waals surface area contributed by atoms with E-state index in [-0.39, 0.29) is 5.78 Å². The first kappa shape index (κ1) is 14.0. The number of hydrogen-bond acceptors (Lipinski definition) is 3. The third-order valence-electron chi connectivity index (χ3n) is 3.01. The van der Waals surface area contributed by atoms with Crippen molar-refractivity contribution in [1.82, 2.24) is 0 Å². The number of hydrogen-bond donors (Lipinski definition) is 0. The van der Waals surface area contributed by atoms with Crippen molar-refractivity contribution in [3.05, 3.63) is 28.8 Å². The Morgan fingerprint density at radius 1 is 1.41 bits per heavy atom. The van der Waals surface area contributed by atoms with E-state index in [4.69, 9.17) is 21.1 Å². The highest BCUT2D eigenvalue weighted by atomic mass is 35.5. The van der Waals surface area contributed by atoms with E-state index in [2.05, 4.69) is 0 Å². The third-order valence-corrected chi connectivity index (χ3v) is 3.25. The van der Waals surface area contributed by atoms with Crippen molar-refractivity contribution >= 4 is 17.4 Å².